The van der Waals surface area contributed by atoms with Crippen LogP contribution in [0, 0.1) is 18.3 Å². The molecule has 0 radical (unpaired) electrons. The van der Waals surface area contributed by atoms with Gasteiger partial charge in [-0.15, -0.1) is 0 Å². The van der Waals surface area contributed by atoms with Crippen molar-refractivity contribution in [1.29, 1.82) is 0 Å². The van der Waals surface area contributed by atoms with Crippen molar-refractivity contribution in [3.05, 3.63) is 22.6 Å². The Bertz CT molecular complexity index is 653. The third-order valence-electron chi connectivity index (χ3n) is 5.40. The lowest BCUT2D eigenvalue weighted by Gasteiger charge is -2.27. The van der Waals surface area contributed by atoms with E-state index in [-0.39, 0.29) is 35.3 Å². The summed E-state index contributed by atoms with van der Waals surface area (Å²) in [5.41, 5.74) is 1.06. The Hall–Kier alpha value is -1.62. The number of carbonyl (C=O) groups excluding carboxylic acids is 2. The molecule has 132 valence electrons. The zero-order valence-corrected chi connectivity index (χ0v) is 14.8. The van der Waals surface area contributed by atoms with Gasteiger partial charge in [0.1, 0.15) is 5.76 Å². The van der Waals surface area contributed by atoms with Crippen LogP contribution in [0.25, 0.3) is 0 Å². The second-order valence-electron chi connectivity index (χ2n) is 8.12. The first-order valence-electron chi connectivity index (χ1n) is 8.90. The van der Waals surface area contributed by atoms with Crippen LogP contribution < -0.4 is 5.32 Å². The van der Waals surface area contributed by atoms with E-state index in [2.05, 4.69) is 5.32 Å². The molecule has 1 unspecified atom stereocenters. The summed E-state index contributed by atoms with van der Waals surface area (Å²) in [6, 6.07) is 0. The molecule has 24 heavy (non-hydrogen) atoms. The summed E-state index contributed by atoms with van der Waals surface area (Å²) in [5, 5.41) is 13.0. The lowest BCUT2D eigenvalue weighted by Crippen LogP contribution is -2.35. The Morgan fingerprint density at radius 2 is 2.00 bits per heavy atom. The minimum absolute atomic E-state index is 0.0486. The third kappa shape index (κ3) is 3.27. The average Bonchev–Trinajstić information content (AvgIpc) is 3.11. The Morgan fingerprint density at radius 1 is 1.33 bits per heavy atom. The zero-order chi connectivity index (χ0) is 17.5. The predicted molar refractivity (Wildman–Crippen MR) is 90.2 cm³/mol. The molecule has 0 saturated heterocycles. The first-order chi connectivity index (χ1) is 11.3. The highest BCUT2D eigenvalue weighted by molar-refractivity contribution is 6.03. The first-order valence-corrected chi connectivity index (χ1v) is 8.90. The smallest absolute Gasteiger partial charge is 0.287 e. The summed E-state index contributed by atoms with van der Waals surface area (Å²) in [7, 11) is 0. The summed E-state index contributed by atoms with van der Waals surface area (Å²) in [6.07, 6.45) is 4.97. The molecule has 1 atom stereocenters. The molecule has 0 bridgehead atoms. The molecule has 0 aromatic carbocycles. The van der Waals surface area contributed by atoms with Crippen molar-refractivity contribution in [3.63, 3.8) is 0 Å². The normalized spacial score (nSPS) is 21.6. The van der Waals surface area contributed by atoms with Crippen LogP contribution in [-0.2, 0) is 6.42 Å². The fourth-order valence-corrected chi connectivity index (χ4v) is 4.09. The van der Waals surface area contributed by atoms with Crippen LogP contribution in [0.5, 0.6) is 0 Å². The van der Waals surface area contributed by atoms with E-state index in [1.165, 1.54) is 0 Å². The number of nitrogens with one attached hydrogen (secondary N) is 1. The van der Waals surface area contributed by atoms with Gasteiger partial charge in [-0.1, -0.05) is 26.7 Å². The predicted octanol–water partition coefficient (Wildman–Crippen LogP) is 3.02. The third-order valence-corrected chi connectivity index (χ3v) is 5.40. The number of hydrogen-bond acceptors (Lipinski definition) is 4. The summed E-state index contributed by atoms with van der Waals surface area (Å²) < 4.78 is 5.75. The Balaban J connectivity index is 1.71. The van der Waals surface area contributed by atoms with E-state index in [1.54, 1.807) is 6.92 Å². The molecule has 1 heterocycles. The topological polar surface area (TPSA) is 79.5 Å². The Labute approximate surface area is 142 Å². The summed E-state index contributed by atoms with van der Waals surface area (Å²) in [5.74, 6) is 0.815. The number of aliphatic hydroxyl groups excluding tert-OH is 1. The molecule has 3 rings (SSSR count). The van der Waals surface area contributed by atoms with Gasteiger partial charge in [0.05, 0.1) is 11.7 Å². The van der Waals surface area contributed by atoms with Gasteiger partial charge in [-0.2, -0.15) is 0 Å². The van der Waals surface area contributed by atoms with Crippen LogP contribution in [0.2, 0.25) is 0 Å². The van der Waals surface area contributed by atoms with Crippen molar-refractivity contribution in [2.45, 2.75) is 65.4 Å². The number of fused-ring (bicyclic) bond motifs is 1. The zero-order valence-electron chi connectivity index (χ0n) is 14.8. The fraction of sp³-hybridized carbons (Fsp3) is 0.684. The van der Waals surface area contributed by atoms with Crippen LogP contribution >= 0.6 is 0 Å². The van der Waals surface area contributed by atoms with Gasteiger partial charge in [-0.05, 0) is 31.1 Å². The van der Waals surface area contributed by atoms with Crippen LogP contribution in [0.1, 0.15) is 78.2 Å². The van der Waals surface area contributed by atoms with E-state index >= 15 is 0 Å². The summed E-state index contributed by atoms with van der Waals surface area (Å²) in [4.78, 5) is 24.8. The van der Waals surface area contributed by atoms with E-state index in [0.717, 1.165) is 25.7 Å². The average molecular weight is 333 g/mol. The molecule has 2 aliphatic carbocycles. The van der Waals surface area contributed by atoms with Gasteiger partial charge in [0.15, 0.2) is 11.5 Å². The van der Waals surface area contributed by atoms with Gasteiger partial charge in [0, 0.05) is 24.9 Å². The van der Waals surface area contributed by atoms with Crippen molar-refractivity contribution < 1.29 is 19.1 Å². The number of furan rings is 1. The molecular weight excluding hydrogens is 306 g/mol. The molecule has 1 aromatic rings. The number of amides is 1. The van der Waals surface area contributed by atoms with Crippen molar-refractivity contribution >= 4 is 11.7 Å². The molecule has 0 aliphatic heterocycles. The highest BCUT2D eigenvalue weighted by Crippen LogP contribution is 2.38. The largest absolute Gasteiger partial charge is 0.455 e. The van der Waals surface area contributed by atoms with E-state index < -0.39 is 6.10 Å². The minimum Gasteiger partial charge on any atom is -0.455 e. The monoisotopic (exact) mass is 333 g/mol. The van der Waals surface area contributed by atoms with Crippen molar-refractivity contribution in [2.24, 2.45) is 11.3 Å². The fourth-order valence-electron chi connectivity index (χ4n) is 4.09. The molecule has 1 aromatic heterocycles. The number of hydrogen-bond donors (Lipinski definition) is 2. The number of rotatable bonds is 4. The van der Waals surface area contributed by atoms with Crippen LogP contribution in [0.3, 0.4) is 0 Å². The maximum Gasteiger partial charge on any atom is 0.287 e. The molecule has 2 aliphatic rings. The van der Waals surface area contributed by atoms with Crippen molar-refractivity contribution in [2.75, 3.05) is 6.54 Å². The number of aliphatic hydroxyl groups is 1. The lowest BCUT2D eigenvalue weighted by atomic mass is 9.76. The number of ketones is 1. The van der Waals surface area contributed by atoms with Crippen molar-refractivity contribution in [3.8, 4) is 0 Å². The van der Waals surface area contributed by atoms with Gasteiger partial charge >= 0.3 is 0 Å². The number of carbonyl (C=O) groups is 2. The Morgan fingerprint density at radius 3 is 2.67 bits per heavy atom. The second kappa shape index (κ2) is 6.36. The molecule has 1 saturated carbocycles. The van der Waals surface area contributed by atoms with E-state index in [0.29, 0.717) is 29.7 Å². The second-order valence-corrected chi connectivity index (χ2v) is 8.12. The summed E-state index contributed by atoms with van der Waals surface area (Å²) in [6.45, 7) is 6.06. The van der Waals surface area contributed by atoms with Gasteiger partial charge in [0.2, 0.25) is 0 Å². The molecule has 2 N–H and O–H groups in total. The van der Waals surface area contributed by atoms with E-state index in [1.807, 2.05) is 13.8 Å². The lowest BCUT2D eigenvalue weighted by molar-refractivity contribution is 0.0812. The highest BCUT2D eigenvalue weighted by Gasteiger charge is 2.37. The molecule has 1 fully saturated rings. The van der Waals surface area contributed by atoms with E-state index in [9.17, 15) is 14.7 Å². The van der Waals surface area contributed by atoms with Crippen LogP contribution in [0.4, 0.5) is 0 Å². The van der Waals surface area contributed by atoms with Gasteiger partial charge in [0.25, 0.3) is 5.91 Å². The Kier molecular flexibility index (Phi) is 4.56. The molecule has 5 nitrogen and oxygen atoms in total. The van der Waals surface area contributed by atoms with Gasteiger partial charge in [-0.25, -0.2) is 0 Å². The van der Waals surface area contributed by atoms with Gasteiger partial charge in [-0.3, -0.25) is 9.59 Å². The number of Topliss-reactive ketones (excluding diaryl/α,β-unsaturated/α-hetero) is 1. The van der Waals surface area contributed by atoms with Crippen molar-refractivity contribution in [1.82, 2.24) is 5.32 Å². The first kappa shape index (κ1) is 17.2. The van der Waals surface area contributed by atoms with Crippen LogP contribution in [-0.4, -0.2) is 29.4 Å². The maximum absolute atomic E-state index is 12.4. The quantitative estimate of drug-likeness (QED) is 0.887. The SMILES string of the molecule is Cc1c(C(=O)NCC(O)C2CCCC2)oc2c1C(=O)CC(C)(C)C2. The standard InChI is InChI=1S/C19H27NO4/c1-11-16-13(21)8-19(2,3)9-15(16)24-17(11)18(23)20-10-14(22)12-6-4-5-7-12/h12,14,22H,4-10H2,1-3H3,(H,20,23). The molecule has 5 heteroatoms. The highest BCUT2D eigenvalue weighted by atomic mass is 16.4. The minimum atomic E-state index is -0.512. The molecule has 1 amide bonds. The van der Waals surface area contributed by atoms with Crippen LogP contribution in [0.15, 0.2) is 4.42 Å². The molecular formula is C19H27NO4. The summed E-state index contributed by atoms with van der Waals surface area (Å²) >= 11 is 0. The maximum atomic E-state index is 12.4. The van der Waals surface area contributed by atoms with Gasteiger partial charge < -0.3 is 14.8 Å². The molecule has 0 spiro atoms. The van der Waals surface area contributed by atoms with E-state index in [4.69, 9.17) is 4.42 Å².